The van der Waals surface area contributed by atoms with E-state index in [0.717, 1.165) is 6.07 Å². The van der Waals surface area contributed by atoms with Crippen molar-refractivity contribution in [1.82, 2.24) is 0 Å². The molecule has 4 nitrogen and oxygen atoms in total. The molecule has 88 valence electrons. The van der Waals surface area contributed by atoms with Gasteiger partial charge in [0.15, 0.2) is 0 Å². The average Bonchev–Trinajstić information content (AvgIpc) is 2.14. The number of nitrogens with zero attached hydrogens (tertiary/aromatic N) is 1. The van der Waals surface area contributed by atoms with Crippen molar-refractivity contribution in [3.8, 4) is 0 Å². The summed E-state index contributed by atoms with van der Waals surface area (Å²) < 4.78 is 35.8. The first kappa shape index (κ1) is 12.3. The summed E-state index contributed by atoms with van der Waals surface area (Å²) in [7, 11) is 0. The van der Waals surface area contributed by atoms with E-state index in [-0.39, 0.29) is 11.4 Å². The maximum atomic E-state index is 11.9. The molecule has 0 aliphatic rings. The number of rotatable bonds is 3. The summed E-state index contributed by atoms with van der Waals surface area (Å²) >= 11 is 0. The number of hydrogen-bond acceptors (Lipinski definition) is 3. The first-order valence-corrected chi connectivity index (χ1v) is 4.35. The van der Waals surface area contributed by atoms with Gasteiger partial charge in [-0.05, 0) is 12.5 Å². The molecule has 0 aromatic heterocycles. The van der Waals surface area contributed by atoms with Gasteiger partial charge in [0, 0.05) is 17.8 Å². The second-order valence-corrected chi connectivity index (χ2v) is 3.23. The molecule has 0 aliphatic carbocycles. The molecule has 0 radical (unpaired) electrons. The van der Waals surface area contributed by atoms with Crippen LogP contribution in [0.15, 0.2) is 18.2 Å². The fourth-order valence-electron chi connectivity index (χ4n) is 1.11. The Morgan fingerprint density at radius 3 is 2.56 bits per heavy atom. The van der Waals surface area contributed by atoms with E-state index < -0.39 is 17.6 Å². The van der Waals surface area contributed by atoms with Crippen LogP contribution < -0.4 is 5.32 Å². The van der Waals surface area contributed by atoms with Crippen LogP contribution in [0.2, 0.25) is 0 Å². The van der Waals surface area contributed by atoms with Crippen molar-refractivity contribution in [3.63, 3.8) is 0 Å². The molecule has 0 unspecified atom stereocenters. The largest absolute Gasteiger partial charge is 0.405 e. The minimum Gasteiger partial charge on any atom is -0.376 e. The highest BCUT2D eigenvalue weighted by atomic mass is 19.4. The van der Waals surface area contributed by atoms with E-state index in [1.165, 1.54) is 12.1 Å². The van der Waals surface area contributed by atoms with E-state index in [0.29, 0.717) is 5.56 Å². The predicted octanol–water partition coefficient (Wildman–Crippen LogP) is 2.88. The lowest BCUT2D eigenvalue weighted by Gasteiger charge is -2.11. The number of anilines is 1. The fraction of sp³-hybridized carbons (Fsp3) is 0.333. The molecule has 16 heavy (non-hydrogen) atoms. The third kappa shape index (κ3) is 3.41. The van der Waals surface area contributed by atoms with E-state index in [4.69, 9.17) is 0 Å². The molecule has 0 atom stereocenters. The molecule has 0 bridgehead atoms. The highest BCUT2D eigenvalue weighted by molar-refractivity contribution is 5.56. The van der Waals surface area contributed by atoms with Crippen LogP contribution in [0, 0.1) is 17.0 Å². The number of hydrogen-bond donors (Lipinski definition) is 1. The third-order valence-electron chi connectivity index (χ3n) is 1.91. The van der Waals surface area contributed by atoms with Gasteiger partial charge in [-0.1, -0.05) is 6.07 Å². The Morgan fingerprint density at radius 2 is 2.06 bits per heavy atom. The Bertz CT molecular complexity index is 404. The Labute approximate surface area is 89.2 Å². The van der Waals surface area contributed by atoms with Crippen LogP contribution in [0.1, 0.15) is 5.56 Å². The Kier molecular flexibility index (Phi) is 3.36. The number of non-ortho nitro benzene ring substituents is 1. The van der Waals surface area contributed by atoms with Gasteiger partial charge in [-0.25, -0.2) is 0 Å². The monoisotopic (exact) mass is 234 g/mol. The smallest absolute Gasteiger partial charge is 0.376 e. The van der Waals surface area contributed by atoms with E-state index in [1.54, 1.807) is 6.92 Å². The van der Waals surface area contributed by atoms with Gasteiger partial charge in [-0.3, -0.25) is 10.1 Å². The van der Waals surface area contributed by atoms with Crippen LogP contribution in [-0.4, -0.2) is 17.6 Å². The van der Waals surface area contributed by atoms with Gasteiger partial charge in [0.25, 0.3) is 5.69 Å². The van der Waals surface area contributed by atoms with E-state index in [2.05, 4.69) is 5.32 Å². The van der Waals surface area contributed by atoms with Gasteiger partial charge in [0.05, 0.1) is 4.92 Å². The van der Waals surface area contributed by atoms with Gasteiger partial charge in [-0.15, -0.1) is 0 Å². The highest BCUT2D eigenvalue weighted by Crippen LogP contribution is 2.23. The topological polar surface area (TPSA) is 55.2 Å². The summed E-state index contributed by atoms with van der Waals surface area (Å²) in [5.74, 6) is 0. The Balaban J connectivity index is 2.86. The number of alkyl halides is 3. The van der Waals surface area contributed by atoms with E-state index >= 15 is 0 Å². The number of nitro benzene ring substituents is 1. The van der Waals surface area contributed by atoms with Crippen LogP contribution in [0.5, 0.6) is 0 Å². The molecular weight excluding hydrogens is 225 g/mol. The molecular formula is C9H9F3N2O2. The molecule has 0 amide bonds. The summed E-state index contributed by atoms with van der Waals surface area (Å²) in [6.45, 7) is 0.359. The lowest BCUT2D eigenvalue weighted by Crippen LogP contribution is -2.21. The lowest BCUT2D eigenvalue weighted by molar-refractivity contribution is -0.384. The number of nitro groups is 1. The van der Waals surface area contributed by atoms with Gasteiger partial charge in [-0.2, -0.15) is 13.2 Å². The summed E-state index contributed by atoms with van der Waals surface area (Å²) in [6.07, 6.45) is -4.35. The molecule has 1 aromatic carbocycles. The highest BCUT2D eigenvalue weighted by Gasteiger charge is 2.27. The van der Waals surface area contributed by atoms with Gasteiger partial charge < -0.3 is 5.32 Å². The van der Waals surface area contributed by atoms with Crippen LogP contribution in [-0.2, 0) is 0 Å². The number of aryl methyl sites for hydroxylation is 1. The first-order valence-electron chi connectivity index (χ1n) is 4.35. The fourth-order valence-corrected chi connectivity index (χ4v) is 1.11. The van der Waals surface area contributed by atoms with Gasteiger partial charge in [0.1, 0.15) is 6.54 Å². The molecule has 7 heteroatoms. The quantitative estimate of drug-likeness (QED) is 0.646. The zero-order valence-electron chi connectivity index (χ0n) is 8.34. The minimum absolute atomic E-state index is 0.117. The SMILES string of the molecule is Cc1ccc([N+](=O)[O-])cc1NCC(F)(F)F. The number of halogens is 3. The second-order valence-electron chi connectivity index (χ2n) is 3.23. The maximum Gasteiger partial charge on any atom is 0.405 e. The predicted molar refractivity (Wildman–Crippen MR) is 52.4 cm³/mol. The Hall–Kier alpha value is -1.79. The minimum atomic E-state index is -4.35. The molecule has 0 aliphatic heterocycles. The third-order valence-corrected chi connectivity index (χ3v) is 1.91. The van der Waals surface area contributed by atoms with Crippen molar-refractivity contribution in [1.29, 1.82) is 0 Å². The lowest BCUT2D eigenvalue weighted by atomic mass is 10.2. The zero-order valence-corrected chi connectivity index (χ0v) is 8.34. The van der Waals surface area contributed by atoms with Crippen molar-refractivity contribution < 1.29 is 18.1 Å². The number of benzene rings is 1. The summed E-state index contributed by atoms with van der Waals surface area (Å²) in [5, 5.41) is 12.5. The molecule has 0 spiro atoms. The van der Waals surface area contributed by atoms with Crippen LogP contribution in [0.25, 0.3) is 0 Å². The van der Waals surface area contributed by atoms with Crippen LogP contribution in [0.4, 0.5) is 24.5 Å². The molecule has 0 fully saturated rings. The summed E-state index contributed by atoms with van der Waals surface area (Å²) in [6, 6.07) is 3.73. The van der Waals surface area contributed by atoms with Crippen molar-refractivity contribution in [3.05, 3.63) is 33.9 Å². The summed E-state index contributed by atoms with van der Waals surface area (Å²) in [4.78, 5) is 9.77. The summed E-state index contributed by atoms with van der Waals surface area (Å²) in [5.41, 5.74) is 0.400. The van der Waals surface area contributed by atoms with Crippen molar-refractivity contribution in [2.24, 2.45) is 0 Å². The van der Waals surface area contributed by atoms with Crippen LogP contribution in [0.3, 0.4) is 0 Å². The Morgan fingerprint density at radius 1 is 1.44 bits per heavy atom. The molecule has 0 heterocycles. The second kappa shape index (κ2) is 4.38. The zero-order chi connectivity index (χ0) is 12.3. The van der Waals surface area contributed by atoms with Gasteiger partial charge >= 0.3 is 6.18 Å². The van der Waals surface area contributed by atoms with E-state index in [1.807, 2.05) is 0 Å². The maximum absolute atomic E-state index is 11.9. The normalized spacial score (nSPS) is 11.2. The van der Waals surface area contributed by atoms with Crippen LogP contribution >= 0.6 is 0 Å². The molecule has 1 N–H and O–H groups in total. The van der Waals surface area contributed by atoms with E-state index in [9.17, 15) is 23.3 Å². The molecule has 0 saturated heterocycles. The van der Waals surface area contributed by atoms with Crippen molar-refractivity contribution in [2.45, 2.75) is 13.1 Å². The molecule has 1 rings (SSSR count). The van der Waals surface area contributed by atoms with Crippen molar-refractivity contribution in [2.75, 3.05) is 11.9 Å². The first-order chi connectivity index (χ1) is 7.29. The number of nitrogens with one attached hydrogen (secondary N) is 1. The van der Waals surface area contributed by atoms with Gasteiger partial charge in [0.2, 0.25) is 0 Å². The standard InChI is InChI=1S/C9H9F3N2O2/c1-6-2-3-7(14(15)16)4-8(6)13-5-9(10,11)12/h2-4,13H,5H2,1H3. The molecule has 1 aromatic rings. The molecule has 0 saturated carbocycles. The van der Waals surface area contributed by atoms with Crippen molar-refractivity contribution >= 4 is 11.4 Å². The average molecular weight is 234 g/mol.